The average molecular weight is 292 g/mol. The molecule has 0 saturated heterocycles. The second-order valence-corrected chi connectivity index (χ2v) is 3.65. The van der Waals surface area contributed by atoms with Crippen LogP contribution in [0.15, 0.2) is 51.7 Å². The summed E-state index contributed by atoms with van der Waals surface area (Å²) in [5, 5.41) is 16.5. The first kappa shape index (κ1) is 16.0. The smallest absolute Gasteiger partial charge is 0.379 e. The lowest BCUT2D eigenvalue weighted by Gasteiger charge is -1.99. The van der Waals surface area contributed by atoms with E-state index < -0.39 is 17.6 Å². The third-order valence-electron chi connectivity index (χ3n) is 2.20. The normalized spacial score (nSPS) is 9.95. The van der Waals surface area contributed by atoms with Crippen molar-refractivity contribution in [1.29, 1.82) is 0 Å². The molecule has 0 fully saturated rings. The van der Waals surface area contributed by atoms with E-state index in [9.17, 15) is 14.4 Å². The van der Waals surface area contributed by atoms with Crippen LogP contribution in [0, 0.1) is 0 Å². The highest BCUT2D eigenvalue weighted by molar-refractivity contribution is 5.89. The molecule has 0 unspecified atom stereocenters. The molecule has 0 radical (unpaired) electrons. The van der Waals surface area contributed by atoms with Crippen LogP contribution in [0.25, 0.3) is 11.0 Å². The number of methoxy groups -OCH3 is 1. The van der Waals surface area contributed by atoms with Crippen LogP contribution in [0.4, 0.5) is 0 Å². The molecule has 0 saturated carbocycles. The summed E-state index contributed by atoms with van der Waals surface area (Å²) >= 11 is 0. The van der Waals surface area contributed by atoms with Crippen molar-refractivity contribution in [2.75, 3.05) is 7.11 Å². The number of carboxylic acid groups (broad SMARTS) is 2. The van der Waals surface area contributed by atoms with Crippen molar-refractivity contribution in [1.82, 2.24) is 0 Å². The fourth-order valence-corrected chi connectivity index (χ4v) is 1.33. The van der Waals surface area contributed by atoms with Crippen molar-refractivity contribution in [2.45, 2.75) is 0 Å². The molecule has 0 aliphatic rings. The molecular formula is C14H12O7. The van der Waals surface area contributed by atoms with Gasteiger partial charge >= 0.3 is 17.6 Å². The lowest BCUT2D eigenvalue weighted by atomic mass is 10.2. The molecule has 2 rings (SSSR count). The van der Waals surface area contributed by atoms with Crippen molar-refractivity contribution in [3.63, 3.8) is 0 Å². The van der Waals surface area contributed by atoms with Gasteiger partial charge in [-0.3, -0.25) is 0 Å². The summed E-state index contributed by atoms with van der Waals surface area (Å²) in [6.45, 7) is 0. The van der Waals surface area contributed by atoms with Crippen molar-refractivity contribution < 1.29 is 29.0 Å². The van der Waals surface area contributed by atoms with Gasteiger partial charge in [0.1, 0.15) is 5.58 Å². The van der Waals surface area contributed by atoms with Crippen LogP contribution in [0.3, 0.4) is 0 Å². The largest absolute Gasteiger partial charge is 0.490 e. The maximum Gasteiger partial charge on any atom is 0.379 e. The lowest BCUT2D eigenvalue weighted by Crippen LogP contribution is -2.02. The van der Waals surface area contributed by atoms with Crippen LogP contribution in [0.2, 0.25) is 0 Å². The molecule has 2 aromatic rings. The van der Waals surface area contributed by atoms with E-state index in [4.69, 9.17) is 19.4 Å². The minimum Gasteiger partial charge on any atom is -0.490 e. The molecule has 7 heteroatoms. The fourth-order valence-electron chi connectivity index (χ4n) is 1.33. The minimum atomic E-state index is -1.26. The van der Waals surface area contributed by atoms with E-state index >= 15 is 0 Å². The Hall–Kier alpha value is -3.09. The Kier molecular flexibility index (Phi) is 5.69. The van der Waals surface area contributed by atoms with E-state index in [1.54, 1.807) is 12.1 Å². The Balaban J connectivity index is 0.000000240. The first-order valence-electron chi connectivity index (χ1n) is 5.65. The van der Waals surface area contributed by atoms with Gasteiger partial charge in [0.05, 0.1) is 7.11 Å². The molecule has 0 amide bonds. The molecule has 2 N–H and O–H groups in total. The number of benzene rings is 1. The fraction of sp³-hybridized carbons (Fsp3) is 0.0714. The molecule has 21 heavy (non-hydrogen) atoms. The van der Waals surface area contributed by atoms with Gasteiger partial charge in [-0.05, 0) is 12.1 Å². The van der Waals surface area contributed by atoms with Crippen LogP contribution in [0.1, 0.15) is 0 Å². The monoisotopic (exact) mass is 292 g/mol. The minimum absolute atomic E-state index is 0.235. The van der Waals surface area contributed by atoms with E-state index in [0.717, 1.165) is 5.39 Å². The zero-order valence-electron chi connectivity index (χ0n) is 11.0. The summed E-state index contributed by atoms with van der Waals surface area (Å²) in [7, 11) is 1.45. The first-order valence-corrected chi connectivity index (χ1v) is 5.65. The molecule has 0 aliphatic carbocycles. The summed E-state index contributed by atoms with van der Waals surface area (Å²) in [6, 6.07) is 8.97. The van der Waals surface area contributed by atoms with Crippen molar-refractivity contribution in [3.05, 3.63) is 52.9 Å². The quantitative estimate of drug-likeness (QED) is 0.651. The highest BCUT2D eigenvalue weighted by Crippen LogP contribution is 2.15. The maximum absolute atomic E-state index is 11.2. The number of aliphatic carboxylic acids is 2. The highest BCUT2D eigenvalue weighted by atomic mass is 16.5. The predicted octanol–water partition coefficient (Wildman–Crippen LogP) is 1.51. The number of fused-ring (bicyclic) bond motifs is 1. The molecule has 0 bridgehead atoms. The Bertz CT molecular complexity index is 711. The van der Waals surface area contributed by atoms with Crippen LogP contribution in [-0.4, -0.2) is 29.3 Å². The highest BCUT2D eigenvalue weighted by Gasteiger charge is 2.03. The molecule has 1 aromatic carbocycles. The number of ether oxygens (including phenoxy) is 1. The number of para-hydroxylation sites is 1. The van der Waals surface area contributed by atoms with Crippen LogP contribution < -0.4 is 10.4 Å². The Morgan fingerprint density at radius 1 is 1.14 bits per heavy atom. The van der Waals surface area contributed by atoms with Gasteiger partial charge in [0.25, 0.3) is 0 Å². The van der Waals surface area contributed by atoms with Gasteiger partial charge in [-0.15, -0.1) is 0 Å². The zero-order chi connectivity index (χ0) is 15.8. The summed E-state index contributed by atoms with van der Waals surface area (Å²) in [4.78, 5) is 30.3. The van der Waals surface area contributed by atoms with Gasteiger partial charge < -0.3 is 19.4 Å². The molecule has 7 nitrogen and oxygen atoms in total. The standard InChI is InChI=1S/C10H8O3.C4H4O4/c1-12-9-6-7-4-2-3-5-8(7)13-10(9)11;5-3(6)1-2-4(7)8/h2-6H,1H3;1-2H,(H,5,6)(H,7,8)/b;2-1+. The van der Waals surface area contributed by atoms with Gasteiger partial charge in [-0.25, -0.2) is 14.4 Å². The number of rotatable bonds is 3. The zero-order valence-corrected chi connectivity index (χ0v) is 11.0. The predicted molar refractivity (Wildman–Crippen MR) is 73.4 cm³/mol. The Morgan fingerprint density at radius 3 is 2.24 bits per heavy atom. The first-order chi connectivity index (χ1) is 9.93. The summed E-state index contributed by atoms with van der Waals surface area (Å²) in [5.74, 6) is -2.28. The molecule has 1 heterocycles. The van der Waals surface area contributed by atoms with Crippen molar-refractivity contribution in [2.24, 2.45) is 0 Å². The van der Waals surface area contributed by atoms with Gasteiger partial charge in [-0.2, -0.15) is 0 Å². The summed E-state index contributed by atoms with van der Waals surface area (Å²) < 4.78 is 9.85. The van der Waals surface area contributed by atoms with Gasteiger partial charge in [0.15, 0.2) is 0 Å². The number of hydrogen-bond donors (Lipinski definition) is 2. The van der Waals surface area contributed by atoms with Gasteiger partial charge in [0, 0.05) is 17.5 Å². The average Bonchev–Trinajstić information content (AvgIpc) is 2.45. The van der Waals surface area contributed by atoms with E-state index in [1.165, 1.54) is 7.11 Å². The molecule has 110 valence electrons. The van der Waals surface area contributed by atoms with Gasteiger partial charge in [0.2, 0.25) is 5.75 Å². The molecular weight excluding hydrogens is 280 g/mol. The van der Waals surface area contributed by atoms with Gasteiger partial charge in [-0.1, -0.05) is 18.2 Å². The Labute approximate surface area is 118 Å². The third-order valence-corrected chi connectivity index (χ3v) is 2.20. The number of hydrogen-bond acceptors (Lipinski definition) is 5. The third kappa shape index (κ3) is 5.19. The Morgan fingerprint density at radius 2 is 1.71 bits per heavy atom. The van der Waals surface area contributed by atoms with E-state index in [2.05, 4.69) is 0 Å². The maximum atomic E-state index is 11.2. The van der Waals surface area contributed by atoms with E-state index in [1.807, 2.05) is 18.2 Å². The molecule has 0 aliphatic heterocycles. The van der Waals surface area contributed by atoms with Crippen LogP contribution in [0.5, 0.6) is 5.75 Å². The topological polar surface area (TPSA) is 114 Å². The van der Waals surface area contributed by atoms with E-state index in [0.29, 0.717) is 17.7 Å². The molecule has 0 atom stereocenters. The summed E-state index contributed by atoms with van der Waals surface area (Å²) in [5.41, 5.74) is 0.134. The SMILES string of the molecule is COc1cc2ccccc2oc1=O.O=C(O)/C=C/C(=O)O. The number of carboxylic acids is 2. The summed E-state index contributed by atoms with van der Waals surface area (Å²) in [6.07, 6.45) is 1.12. The van der Waals surface area contributed by atoms with Crippen molar-refractivity contribution in [3.8, 4) is 5.75 Å². The molecule has 0 spiro atoms. The second kappa shape index (κ2) is 7.49. The van der Waals surface area contributed by atoms with Crippen LogP contribution in [-0.2, 0) is 9.59 Å². The van der Waals surface area contributed by atoms with Crippen molar-refractivity contribution >= 4 is 22.9 Å². The number of carbonyl (C=O) groups is 2. The second-order valence-electron chi connectivity index (χ2n) is 3.65. The van der Waals surface area contributed by atoms with E-state index in [-0.39, 0.29) is 5.75 Å². The molecule has 1 aromatic heterocycles. The van der Waals surface area contributed by atoms with Crippen LogP contribution >= 0.6 is 0 Å². The lowest BCUT2D eigenvalue weighted by molar-refractivity contribution is -0.134.